The topological polar surface area (TPSA) is 38.7 Å². The average molecular weight is 347 g/mol. The van der Waals surface area contributed by atoms with E-state index in [0.717, 1.165) is 39.3 Å². The van der Waals surface area contributed by atoms with E-state index in [9.17, 15) is 5.11 Å². The Bertz CT molecular complexity index is 638. The first kappa shape index (κ1) is 22.8. The van der Waals surface area contributed by atoms with Gasteiger partial charge in [0, 0.05) is 12.0 Å². The number of benzene rings is 2. The lowest BCUT2D eigenvalue weighted by molar-refractivity contribution is 0.408. The summed E-state index contributed by atoms with van der Waals surface area (Å²) in [7, 11) is 3.32. The fraction of sp³-hybridized carbons (Fsp3) is 0.455. The molecular formula is C22H34O3. The van der Waals surface area contributed by atoms with E-state index in [4.69, 9.17) is 9.47 Å². The second-order valence-electron chi connectivity index (χ2n) is 5.39. The second kappa shape index (κ2) is 11.4. The van der Waals surface area contributed by atoms with Gasteiger partial charge in [-0.15, -0.1) is 0 Å². The Morgan fingerprint density at radius 3 is 1.72 bits per heavy atom. The maximum absolute atomic E-state index is 10.2. The summed E-state index contributed by atoms with van der Waals surface area (Å²) < 4.78 is 10.7. The Morgan fingerprint density at radius 2 is 1.28 bits per heavy atom. The molecule has 0 atom stereocenters. The number of hydrogen-bond donors (Lipinski definition) is 1. The molecule has 0 bridgehead atoms. The van der Waals surface area contributed by atoms with Crippen LogP contribution in [0.25, 0.3) is 0 Å². The van der Waals surface area contributed by atoms with Gasteiger partial charge in [0.1, 0.15) is 17.2 Å². The molecule has 0 aromatic heterocycles. The van der Waals surface area contributed by atoms with Gasteiger partial charge in [0.2, 0.25) is 0 Å². The van der Waals surface area contributed by atoms with E-state index in [1.807, 2.05) is 60.6 Å². The molecule has 0 saturated heterocycles. The first-order chi connectivity index (χ1) is 12.0. The number of aromatic hydroxyl groups is 1. The lowest BCUT2D eigenvalue weighted by atomic mass is 9.98. The summed E-state index contributed by atoms with van der Waals surface area (Å²) in [5.74, 6) is 2.02. The third-order valence-electron chi connectivity index (χ3n) is 3.71. The van der Waals surface area contributed by atoms with Crippen molar-refractivity contribution in [3.8, 4) is 17.2 Å². The highest BCUT2D eigenvalue weighted by molar-refractivity contribution is 5.50. The lowest BCUT2D eigenvalue weighted by Gasteiger charge is -2.13. The molecule has 140 valence electrons. The average Bonchev–Trinajstić information content (AvgIpc) is 2.62. The molecular weight excluding hydrogens is 312 g/mol. The van der Waals surface area contributed by atoms with Crippen LogP contribution in [0.15, 0.2) is 24.3 Å². The van der Waals surface area contributed by atoms with Gasteiger partial charge in [-0.1, -0.05) is 39.8 Å². The summed E-state index contributed by atoms with van der Waals surface area (Å²) in [5.41, 5.74) is 5.05. The molecule has 0 unspecified atom stereocenters. The molecule has 0 radical (unpaired) electrons. The SMILES string of the molecule is CC.CC.COc1cc(C)c(O)c(Cc2cc(C)c(OC)c(C)c2)c1. The Balaban J connectivity index is 0.00000134. The summed E-state index contributed by atoms with van der Waals surface area (Å²) in [4.78, 5) is 0. The molecule has 0 heterocycles. The number of aryl methyl sites for hydroxylation is 3. The monoisotopic (exact) mass is 346 g/mol. The van der Waals surface area contributed by atoms with Crippen molar-refractivity contribution in [1.82, 2.24) is 0 Å². The van der Waals surface area contributed by atoms with Crippen LogP contribution >= 0.6 is 0 Å². The molecule has 0 aliphatic heterocycles. The molecule has 0 fully saturated rings. The van der Waals surface area contributed by atoms with Gasteiger partial charge in [0.05, 0.1) is 14.2 Å². The smallest absolute Gasteiger partial charge is 0.124 e. The molecule has 0 aliphatic rings. The predicted octanol–water partition coefficient (Wildman–Crippen LogP) is 5.98. The Morgan fingerprint density at radius 1 is 0.760 bits per heavy atom. The molecule has 2 aromatic rings. The Hall–Kier alpha value is -2.16. The summed E-state index contributed by atoms with van der Waals surface area (Å²) in [5, 5.41) is 10.2. The number of rotatable bonds is 4. The molecule has 3 heteroatoms. The maximum Gasteiger partial charge on any atom is 0.124 e. The summed E-state index contributed by atoms with van der Waals surface area (Å²) in [6.07, 6.45) is 0.662. The number of ether oxygens (including phenoxy) is 2. The Labute approximate surface area is 153 Å². The number of methoxy groups -OCH3 is 2. The fourth-order valence-electron chi connectivity index (χ4n) is 2.75. The van der Waals surface area contributed by atoms with Gasteiger partial charge < -0.3 is 14.6 Å². The minimum Gasteiger partial charge on any atom is -0.507 e. The van der Waals surface area contributed by atoms with Crippen molar-refractivity contribution >= 4 is 0 Å². The van der Waals surface area contributed by atoms with Crippen LogP contribution in [0.3, 0.4) is 0 Å². The first-order valence-corrected chi connectivity index (χ1v) is 8.96. The van der Waals surface area contributed by atoms with E-state index in [1.165, 1.54) is 0 Å². The van der Waals surface area contributed by atoms with Crippen LogP contribution in [0.4, 0.5) is 0 Å². The Kier molecular flexibility index (Phi) is 10.4. The molecule has 3 nitrogen and oxygen atoms in total. The van der Waals surface area contributed by atoms with Gasteiger partial charge in [-0.25, -0.2) is 0 Å². The molecule has 0 aliphatic carbocycles. The molecule has 0 spiro atoms. The molecule has 2 aromatic carbocycles. The summed E-state index contributed by atoms with van der Waals surface area (Å²) in [6.45, 7) is 13.9. The van der Waals surface area contributed by atoms with Gasteiger partial charge in [-0.3, -0.25) is 0 Å². The first-order valence-electron chi connectivity index (χ1n) is 8.96. The van der Waals surface area contributed by atoms with Gasteiger partial charge in [-0.05, 0) is 55.2 Å². The lowest BCUT2D eigenvalue weighted by Crippen LogP contribution is -1.97. The van der Waals surface area contributed by atoms with Crippen LogP contribution in [0.2, 0.25) is 0 Å². The quantitative estimate of drug-likeness (QED) is 0.740. The van der Waals surface area contributed by atoms with Crippen molar-refractivity contribution in [1.29, 1.82) is 0 Å². The van der Waals surface area contributed by atoms with Crippen molar-refractivity contribution in [3.05, 3.63) is 52.1 Å². The highest BCUT2D eigenvalue weighted by atomic mass is 16.5. The van der Waals surface area contributed by atoms with Gasteiger partial charge in [0.15, 0.2) is 0 Å². The summed E-state index contributed by atoms with van der Waals surface area (Å²) >= 11 is 0. The van der Waals surface area contributed by atoms with Crippen LogP contribution in [-0.4, -0.2) is 19.3 Å². The third kappa shape index (κ3) is 6.00. The van der Waals surface area contributed by atoms with Gasteiger partial charge in [-0.2, -0.15) is 0 Å². The van der Waals surface area contributed by atoms with Crippen LogP contribution in [0.1, 0.15) is 55.5 Å². The van der Waals surface area contributed by atoms with E-state index in [2.05, 4.69) is 12.1 Å². The number of phenolic OH excluding ortho intramolecular Hbond substituents is 1. The fourth-order valence-corrected chi connectivity index (χ4v) is 2.75. The van der Waals surface area contributed by atoms with E-state index in [-0.39, 0.29) is 0 Å². The van der Waals surface area contributed by atoms with E-state index in [0.29, 0.717) is 12.2 Å². The molecule has 25 heavy (non-hydrogen) atoms. The van der Waals surface area contributed by atoms with Crippen LogP contribution in [0.5, 0.6) is 17.2 Å². The highest BCUT2D eigenvalue weighted by Crippen LogP contribution is 2.31. The standard InChI is InChI=1S/C18H22O3.2C2H6/c1-11-8-16(20-4)10-15(17(11)19)9-14-6-12(2)18(21-5)13(3)7-14;2*1-2/h6-8,10,19H,9H2,1-5H3;2*1-2H3. The third-order valence-corrected chi connectivity index (χ3v) is 3.71. The van der Waals surface area contributed by atoms with E-state index in [1.54, 1.807) is 14.2 Å². The summed E-state index contributed by atoms with van der Waals surface area (Å²) in [6, 6.07) is 7.92. The largest absolute Gasteiger partial charge is 0.507 e. The zero-order valence-corrected chi connectivity index (χ0v) is 17.3. The van der Waals surface area contributed by atoms with Gasteiger partial charge in [0.25, 0.3) is 0 Å². The van der Waals surface area contributed by atoms with Crippen molar-refractivity contribution in [2.75, 3.05) is 14.2 Å². The highest BCUT2D eigenvalue weighted by Gasteiger charge is 2.11. The van der Waals surface area contributed by atoms with Crippen LogP contribution < -0.4 is 9.47 Å². The van der Waals surface area contributed by atoms with E-state index < -0.39 is 0 Å². The molecule has 0 saturated carbocycles. The molecule has 2 rings (SSSR count). The van der Waals surface area contributed by atoms with Crippen molar-refractivity contribution < 1.29 is 14.6 Å². The molecule has 0 amide bonds. The predicted molar refractivity (Wildman–Crippen MR) is 107 cm³/mol. The van der Waals surface area contributed by atoms with Crippen LogP contribution in [0, 0.1) is 20.8 Å². The zero-order valence-electron chi connectivity index (χ0n) is 17.3. The van der Waals surface area contributed by atoms with Crippen molar-refractivity contribution in [2.24, 2.45) is 0 Å². The zero-order chi connectivity index (χ0) is 19.6. The van der Waals surface area contributed by atoms with Crippen molar-refractivity contribution in [2.45, 2.75) is 54.9 Å². The second-order valence-corrected chi connectivity index (χ2v) is 5.39. The number of phenols is 1. The normalized spacial score (nSPS) is 9.32. The minimum atomic E-state index is 0.335. The van der Waals surface area contributed by atoms with Crippen LogP contribution in [-0.2, 0) is 6.42 Å². The maximum atomic E-state index is 10.2. The number of hydrogen-bond acceptors (Lipinski definition) is 3. The molecule has 1 N–H and O–H groups in total. The van der Waals surface area contributed by atoms with Crippen molar-refractivity contribution in [3.63, 3.8) is 0 Å². The van der Waals surface area contributed by atoms with E-state index >= 15 is 0 Å². The van der Waals surface area contributed by atoms with Gasteiger partial charge >= 0.3 is 0 Å². The minimum absolute atomic E-state index is 0.335.